The summed E-state index contributed by atoms with van der Waals surface area (Å²) >= 11 is 1.34. The number of aromatic nitrogens is 2. The van der Waals surface area contributed by atoms with E-state index in [-0.39, 0.29) is 18.0 Å². The molecule has 106 valence electrons. The van der Waals surface area contributed by atoms with Crippen LogP contribution in [-0.2, 0) is 11.3 Å². The Morgan fingerprint density at radius 3 is 3.15 bits per heavy atom. The summed E-state index contributed by atoms with van der Waals surface area (Å²) in [5.74, 6) is 0.237. The van der Waals surface area contributed by atoms with Crippen LogP contribution in [0.3, 0.4) is 0 Å². The fourth-order valence-electron chi connectivity index (χ4n) is 1.86. The number of likely N-dealkylation sites (N-methyl/N-ethyl adjacent to an activating group) is 1. The van der Waals surface area contributed by atoms with Gasteiger partial charge in [0.2, 0.25) is 5.91 Å². The zero-order valence-corrected chi connectivity index (χ0v) is 11.9. The lowest BCUT2D eigenvalue weighted by molar-refractivity contribution is -0.131. The fourth-order valence-corrected chi connectivity index (χ4v) is 2.59. The van der Waals surface area contributed by atoms with Crippen molar-refractivity contribution >= 4 is 27.5 Å². The highest BCUT2D eigenvalue weighted by atomic mass is 32.1. The minimum Gasteiger partial charge on any atom is -0.337 e. The first-order chi connectivity index (χ1) is 9.52. The van der Waals surface area contributed by atoms with E-state index >= 15 is 0 Å². The maximum Gasteiger partial charge on any atom is 0.268 e. The second-order valence-corrected chi connectivity index (χ2v) is 5.39. The third kappa shape index (κ3) is 2.94. The van der Waals surface area contributed by atoms with Crippen molar-refractivity contribution in [3.05, 3.63) is 40.3 Å². The molecule has 20 heavy (non-hydrogen) atoms. The highest BCUT2D eigenvalue weighted by molar-refractivity contribution is 7.17. The average Bonchev–Trinajstić information content (AvgIpc) is 2.86. The molecule has 2 aromatic rings. The number of rotatable bonds is 5. The molecule has 0 spiro atoms. The van der Waals surface area contributed by atoms with Gasteiger partial charge in [-0.2, -0.15) is 0 Å². The molecule has 3 N–H and O–H groups in total. The van der Waals surface area contributed by atoms with Crippen molar-refractivity contribution in [2.45, 2.75) is 19.0 Å². The van der Waals surface area contributed by atoms with E-state index in [2.05, 4.69) is 16.5 Å². The van der Waals surface area contributed by atoms with Crippen molar-refractivity contribution in [2.75, 3.05) is 7.05 Å². The van der Waals surface area contributed by atoms with Crippen molar-refractivity contribution in [2.24, 2.45) is 5.73 Å². The van der Waals surface area contributed by atoms with Crippen LogP contribution in [0.25, 0.3) is 10.2 Å². The molecule has 0 saturated heterocycles. The van der Waals surface area contributed by atoms with E-state index in [1.165, 1.54) is 16.2 Å². The summed E-state index contributed by atoms with van der Waals surface area (Å²) in [5, 5.41) is 1.81. The highest BCUT2D eigenvalue weighted by Crippen LogP contribution is 2.14. The summed E-state index contributed by atoms with van der Waals surface area (Å²) in [6.07, 6.45) is 2.02. The molecular formula is C13H16N4O2S. The van der Waals surface area contributed by atoms with Crippen LogP contribution >= 0.6 is 11.3 Å². The molecule has 0 aliphatic rings. The summed E-state index contributed by atoms with van der Waals surface area (Å²) in [6, 6.07) is 1.17. The Morgan fingerprint density at radius 1 is 1.70 bits per heavy atom. The summed E-state index contributed by atoms with van der Waals surface area (Å²) in [5.41, 5.74) is 6.19. The quantitative estimate of drug-likeness (QED) is 0.799. The number of hydrogen-bond donors (Lipinski definition) is 2. The molecule has 0 bridgehead atoms. The maximum atomic E-state index is 12.0. The first-order valence-electron chi connectivity index (χ1n) is 6.10. The number of amides is 1. The van der Waals surface area contributed by atoms with Crippen LogP contribution in [0.4, 0.5) is 0 Å². The minimum absolute atomic E-state index is 0.184. The molecule has 2 rings (SSSR count). The topological polar surface area (TPSA) is 92.1 Å². The van der Waals surface area contributed by atoms with Crippen LogP contribution in [0.1, 0.15) is 12.2 Å². The van der Waals surface area contributed by atoms with Gasteiger partial charge in [-0.3, -0.25) is 9.59 Å². The zero-order chi connectivity index (χ0) is 14.7. The maximum absolute atomic E-state index is 12.0. The smallest absolute Gasteiger partial charge is 0.268 e. The van der Waals surface area contributed by atoms with Gasteiger partial charge in [-0.05, 0) is 17.9 Å². The van der Waals surface area contributed by atoms with Gasteiger partial charge in [-0.15, -0.1) is 17.9 Å². The predicted octanol–water partition coefficient (Wildman–Crippen LogP) is 0.846. The van der Waals surface area contributed by atoms with Gasteiger partial charge in [0.05, 0.1) is 18.1 Å². The number of carbonyl (C=O) groups excluding carboxylic acids is 1. The minimum atomic E-state index is -0.617. The molecule has 1 amide bonds. The van der Waals surface area contributed by atoms with Crippen LogP contribution < -0.4 is 11.3 Å². The Balaban J connectivity index is 2.17. The van der Waals surface area contributed by atoms with E-state index in [4.69, 9.17) is 5.73 Å². The lowest BCUT2D eigenvalue weighted by Crippen LogP contribution is -2.41. The van der Waals surface area contributed by atoms with Crippen molar-refractivity contribution < 1.29 is 4.79 Å². The SMILES string of the molecule is C=CCC(N)C(=O)N(C)Cc1nc2ccsc2c(=O)[nH]1. The van der Waals surface area contributed by atoms with Crippen molar-refractivity contribution in [3.63, 3.8) is 0 Å². The van der Waals surface area contributed by atoms with Gasteiger partial charge in [0.15, 0.2) is 0 Å². The molecule has 0 aliphatic carbocycles. The molecule has 1 atom stereocenters. The average molecular weight is 292 g/mol. The Kier molecular flexibility index (Phi) is 4.31. The number of thiophene rings is 1. The molecule has 2 heterocycles. The number of nitrogens with two attached hydrogens (primary N) is 1. The van der Waals surface area contributed by atoms with Crippen molar-refractivity contribution in [1.29, 1.82) is 0 Å². The molecule has 6 nitrogen and oxygen atoms in total. The van der Waals surface area contributed by atoms with E-state index in [1.54, 1.807) is 19.2 Å². The monoisotopic (exact) mass is 292 g/mol. The number of hydrogen-bond acceptors (Lipinski definition) is 5. The van der Waals surface area contributed by atoms with E-state index in [1.807, 2.05) is 5.38 Å². The molecule has 0 fully saturated rings. The van der Waals surface area contributed by atoms with Gasteiger partial charge in [0, 0.05) is 7.05 Å². The molecule has 0 saturated carbocycles. The number of carbonyl (C=O) groups is 1. The lowest BCUT2D eigenvalue weighted by atomic mass is 10.2. The van der Waals surface area contributed by atoms with Crippen LogP contribution in [0, 0.1) is 0 Å². The predicted molar refractivity (Wildman–Crippen MR) is 79.5 cm³/mol. The van der Waals surface area contributed by atoms with Crippen molar-refractivity contribution in [3.8, 4) is 0 Å². The van der Waals surface area contributed by atoms with Gasteiger partial charge in [0.25, 0.3) is 5.56 Å². The van der Waals surface area contributed by atoms with Gasteiger partial charge < -0.3 is 15.6 Å². The van der Waals surface area contributed by atoms with E-state index in [0.29, 0.717) is 22.5 Å². The zero-order valence-electron chi connectivity index (χ0n) is 11.1. The second kappa shape index (κ2) is 5.98. The largest absolute Gasteiger partial charge is 0.337 e. The van der Waals surface area contributed by atoms with Gasteiger partial charge in [0.1, 0.15) is 10.5 Å². The summed E-state index contributed by atoms with van der Waals surface area (Å²) in [6.45, 7) is 3.77. The molecule has 0 radical (unpaired) electrons. The molecule has 0 aliphatic heterocycles. The number of nitrogens with one attached hydrogen (secondary N) is 1. The van der Waals surface area contributed by atoms with Crippen molar-refractivity contribution in [1.82, 2.24) is 14.9 Å². The molecule has 0 aromatic carbocycles. The molecule has 1 unspecified atom stereocenters. The van der Waals surface area contributed by atoms with Crippen LogP contribution in [0.5, 0.6) is 0 Å². The van der Waals surface area contributed by atoms with E-state index in [0.717, 1.165) is 0 Å². The number of nitrogens with zero attached hydrogens (tertiary/aromatic N) is 2. The van der Waals surface area contributed by atoms with Gasteiger partial charge in [-0.25, -0.2) is 4.98 Å². The first-order valence-corrected chi connectivity index (χ1v) is 6.98. The van der Waals surface area contributed by atoms with E-state index < -0.39 is 6.04 Å². The van der Waals surface area contributed by atoms with E-state index in [9.17, 15) is 9.59 Å². The second-order valence-electron chi connectivity index (χ2n) is 4.47. The molecule has 2 aromatic heterocycles. The number of aromatic amines is 1. The summed E-state index contributed by atoms with van der Waals surface area (Å²) in [7, 11) is 1.63. The first kappa shape index (κ1) is 14.4. The molecular weight excluding hydrogens is 276 g/mol. The third-order valence-corrected chi connectivity index (χ3v) is 3.77. The lowest BCUT2D eigenvalue weighted by Gasteiger charge is -2.20. The summed E-state index contributed by atoms with van der Waals surface area (Å²) < 4.78 is 0.589. The van der Waals surface area contributed by atoms with Crippen LogP contribution in [-0.4, -0.2) is 33.9 Å². The van der Waals surface area contributed by atoms with Gasteiger partial charge >= 0.3 is 0 Å². The Hall–Kier alpha value is -1.99. The molecule has 7 heteroatoms. The normalized spacial score (nSPS) is 12.3. The highest BCUT2D eigenvalue weighted by Gasteiger charge is 2.18. The van der Waals surface area contributed by atoms with Gasteiger partial charge in [-0.1, -0.05) is 6.08 Å². The van der Waals surface area contributed by atoms with Crippen LogP contribution in [0.2, 0.25) is 0 Å². The Morgan fingerprint density at radius 2 is 2.45 bits per heavy atom. The summed E-state index contributed by atoms with van der Waals surface area (Å²) in [4.78, 5) is 32.2. The van der Waals surface area contributed by atoms with Crippen LogP contribution in [0.15, 0.2) is 28.9 Å². The standard InChI is InChI=1S/C13H16N4O2S/c1-3-4-8(14)13(19)17(2)7-10-15-9-5-6-20-11(9)12(18)16-10/h3,5-6,8H,1,4,7,14H2,2H3,(H,15,16,18). The third-order valence-electron chi connectivity index (χ3n) is 2.86. The fraction of sp³-hybridized carbons (Fsp3) is 0.308. The number of fused-ring (bicyclic) bond motifs is 1. The number of H-pyrrole nitrogens is 1. The Labute approximate surface area is 119 Å². The Bertz CT molecular complexity index is 691.